The Morgan fingerprint density at radius 1 is 1.31 bits per heavy atom. The van der Waals surface area contributed by atoms with Gasteiger partial charge in [-0.2, -0.15) is 0 Å². The van der Waals surface area contributed by atoms with Gasteiger partial charge in [0.1, 0.15) is 11.7 Å². The number of aryl methyl sites for hydroxylation is 1. The Morgan fingerprint density at radius 2 is 2.08 bits per heavy atom. The fourth-order valence-corrected chi connectivity index (χ4v) is 4.15. The molecule has 0 aliphatic carbocycles. The van der Waals surface area contributed by atoms with Gasteiger partial charge in [0.05, 0.1) is 6.04 Å². The average Bonchev–Trinajstić information content (AvgIpc) is 2.56. The molecule has 0 spiro atoms. The molecule has 1 saturated heterocycles. The molecule has 2 aromatic carbocycles. The summed E-state index contributed by atoms with van der Waals surface area (Å²) < 4.78 is 6.16. The summed E-state index contributed by atoms with van der Waals surface area (Å²) in [5, 5.41) is 10.4. The van der Waals surface area contributed by atoms with E-state index < -0.39 is 11.6 Å². The molecule has 3 N–H and O–H groups in total. The van der Waals surface area contributed by atoms with Gasteiger partial charge < -0.3 is 20.7 Å². The van der Waals surface area contributed by atoms with E-state index in [9.17, 15) is 4.79 Å². The molecule has 7 heteroatoms. The van der Waals surface area contributed by atoms with Gasteiger partial charge in [-0.1, -0.05) is 29.8 Å². The second kappa shape index (κ2) is 6.14. The predicted octanol–water partition coefficient (Wildman–Crippen LogP) is 3.53. The van der Waals surface area contributed by atoms with Crippen molar-refractivity contribution in [2.24, 2.45) is 5.92 Å². The Labute approximate surface area is 162 Å². The number of benzene rings is 2. The third-order valence-electron chi connectivity index (χ3n) is 4.89. The van der Waals surface area contributed by atoms with Crippen molar-refractivity contribution >= 4 is 40.5 Å². The lowest BCUT2D eigenvalue weighted by Crippen LogP contribution is -2.70. The normalized spacial score (nSPS) is 26.0. The van der Waals surface area contributed by atoms with E-state index in [-0.39, 0.29) is 11.9 Å². The number of anilines is 1. The van der Waals surface area contributed by atoms with Crippen molar-refractivity contribution in [2.45, 2.75) is 25.6 Å². The van der Waals surface area contributed by atoms with Gasteiger partial charge in [-0.15, -0.1) is 0 Å². The number of halogens is 1. The van der Waals surface area contributed by atoms with Crippen molar-refractivity contribution in [2.75, 3.05) is 5.32 Å². The van der Waals surface area contributed by atoms with Crippen LogP contribution in [-0.4, -0.2) is 16.7 Å². The number of para-hydroxylation sites is 1. The molecule has 134 valence electrons. The average molecular weight is 388 g/mol. The smallest absolute Gasteiger partial charge is 0.236 e. The molecule has 2 aliphatic heterocycles. The molecule has 0 radical (unpaired) electrons. The summed E-state index contributed by atoms with van der Waals surface area (Å²) in [5.41, 5.74) is 1.64. The third-order valence-corrected chi connectivity index (χ3v) is 5.34. The minimum absolute atomic E-state index is 0.153. The number of ether oxygens (including phenoxy) is 1. The van der Waals surface area contributed by atoms with Crippen LogP contribution in [0, 0.1) is 12.8 Å². The fourth-order valence-electron chi connectivity index (χ4n) is 3.64. The number of fused-ring (bicyclic) bond motifs is 4. The molecule has 26 heavy (non-hydrogen) atoms. The van der Waals surface area contributed by atoms with E-state index in [0.717, 1.165) is 16.8 Å². The first-order valence-electron chi connectivity index (χ1n) is 8.31. The van der Waals surface area contributed by atoms with Gasteiger partial charge in [-0.05, 0) is 55.9 Å². The van der Waals surface area contributed by atoms with E-state index in [0.29, 0.717) is 15.9 Å². The van der Waals surface area contributed by atoms with Crippen LogP contribution in [0.2, 0.25) is 5.02 Å². The molecule has 2 aromatic rings. The summed E-state index contributed by atoms with van der Waals surface area (Å²) in [7, 11) is 0. The molecule has 1 fully saturated rings. The largest absolute Gasteiger partial charge is 0.467 e. The number of hydrogen-bond acceptors (Lipinski definition) is 3. The highest BCUT2D eigenvalue weighted by Gasteiger charge is 2.54. The standard InChI is InChI=1S/C19H18ClN3O2S/c1-10-5-3-4-6-13(10)21-17(24)15-16-12-9-11(20)7-8-14(12)25-19(15,2)23-18(26)22-16/h3-9,15-16H,1-2H3,(H,21,24)(H2,22,23,26)/t15-,16+,19+/m0/s1. The van der Waals surface area contributed by atoms with Crippen LogP contribution in [0.5, 0.6) is 5.75 Å². The number of nitrogens with one attached hydrogen (secondary N) is 3. The Bertz CT molecular complexity index is 919. The van der Waals surface area contributed by atoms with Crippen LogP contribution in [0.3, 0.4) is 0 Å². The van der Waals surface area contributed by atoms with Crippen molar-refractivity contribution < 1.29 is 9.53 Å². The first kappa shape index (κ1) is 17.1. The summed E-state index contributed by atoms with van der Waals surface area (Å²) in [6, 6.07) is 12.7. The summed E-state index contributed by atoms with van der Waals surface area (Å²) in [6.45, 7) is 3.79. The Kier molecular flexibility index (Phi) is 4.04. The van der Waals surface area contributed by atoms with E-state index in [4.69, 9.17) is 28.6 Å². The van der Waals surface area contributed by atoms with Crippen LogP contribution < -0.4 is 20.7 Å². The molecule has 3 atom stereocenters. The summed E-state index contributed by atoms with van der Waals surface area (Å²) >= 11 is 11.5. The van der Waals surface area contributed by atoms with Crippen molar-refractivity contribution in [1.29, 1.82) is 0 Å². The van der Waals surface area contributed by atoms with Crippen molar-refractivity contribution in [3.05, 3.63) is 58.6 Å². The zero-order valence-electron chi connectivity index (χ0n) is 14.3. The Balaban J connectivity index is 1.74. The van der Waals surface area contributed by atoms with Crippen LogP contribution in [0.15, 0.2) is 42.5 Å². The molecule has 2 aliphatic rings. The molecular formula is C19H18ClN3O2S. The van der Waals surface area contributed by atoms with Gasteiger partial charge in [0.2, 0.25) is 5.91 Å². The molecule has 0 aromatic heterocycles. The van der Waals surface area contributed by atoms with E-state index >= 15 is 0 Å². The van der Waals surface area contributed by atoms with Crippen LogP contribution in [0.1, 0.15) is 24.1 Å². The number of carbonyl (C=O) groups excluding carboxylic acids is 1. The molecule has 2 heterocycles. The Morgan fingerprint density at radius 3 is 2.85 bits per heavy atom. The molecule has 0 saturated carbocycles. The van der Waals surface area contributed by atoms with Crippen molar-refractivity contribution in [3.8, 4) is 5.75 Å². The van der Waals surface area contributed by atoms with Gasteiger partial charge in [-0.3, -0.25) is 4.79 Å². The number of hydrogen-bond donors (Lipinski definition) is 3. The highest BCUT2D eigenvalue weighted by atomic mass is 35.5. The lowest BCUT2D eigenvalue weighted by atomic mass is 9.80. The van der Waals surface area contributed by atoms with E-state index in [2.05, 4.69) is 16.0 Å². The van der Waals surface area contributed by atoms with Gasteiger partial charge in [0.15, 0.2) is 10.8 Å². The maximum atomic E-state index is 13.2. The fraction of sp³-hybridized carbons (Fsp3) is 0.263. The first-order valence-corrected chi connectivity index (χ1v) is 9.10. The lowest BCUT2D eigenvalue weighted by molar-refractivity contribution is -0.132. The third kappa shape index (κ3) is 2.79. The van der Waals surface area contributed by atoms with Crippen LogP contribution in [0.25, 0.3) is 0 Å². The zero-order chi connectivity index (χ0) is 18.5. The number of amides is 1. The Hall–Kier alpha value is -2.31. The predicted molar refractivity (Wildman–Crippen MR) is 105 cm³/mol. The zero-order valence-corrected chi connectivity index (χ0v) is 15.9. The number of rotatable bonds is 2. The van der Waals surface area contributed by atoms with Crippen LogP contribution in [0.4, 0.5) is 5.69 Å². The molecular weight excluding hydrogens is 370 g/mol. The minimum Gasteiger partial charge on any atom is -0.467 e. The van der Waals surface area contributed by atoms with Gasteiger partial charge in [-0.25, -0.2) is 0 Å². The molecule has 4 rings (SSSR count). The molecule has 5 nitrogen and oxygen atoms in total. The lowest BCUT2D eigenvalue weighted by Gasteiger charge is -2.50. The van der Waals surface area contributed by atoms with Crippen molar-refractivity contribution in [3.63, 3.8) is 0 Å². The maximum Gasteiger partial charge on any atom is 0.236 e. The van der Waals surface area contributed by atoms with E-state index in [1.165, 1.54) is 0 Å². The van der Waals surface area contributed by atoms with Gasteiger partial charge in [0, 0.05) is 16.3 Å². The van der Waals surface area contributed by atoms with Crippen molar-refractivity contribution in [1.82, 2.24) is 10.6 Å². The second-order valence-corrected chi connectivity index (χ2v) is 7.59. The summed E-state index contributed by atoms with van der Waals surface area (Å²) in [5.74, 6) is -0.0101. The monoisotopic (exact) mass is 387 g/mol. The highest BCUT2D eigenvalue weighted by molar-refractivity contribution is 7.80. The highest BCUT2D eigenvalue weighted by Crippen LogP contribution is 2.46. The topological polar surface area (TPSA) is 62.4 Å². The van der Waals surface area contributed by atoms with Gasteiger partial charge in [0.25, 0.3) is 0 Å². The molecule has 1 amide bonds. The first-order chi connectivity index (χ1) is 12.4. The summed E-state index contributed by atoms with van der Waals surface area (Å²) in [6.07, 6.45) is 0. The molecule has 0 unspecified atom stereocenters. The minimum atomic E-state index is -0.958. The SMILES string of the molecule is Cc1ccccc1NC(=O)[C@@H]1[C@@H]2NC(=S)N[C@]1(C)Oc1ccc(Cl)cc12. The van der Waals surface area contributed by atoms with E-state index in [1.807, 2.05) is 50.2 Å². The van der Waals surface area contributed by atoms with Crippen LogP contribution in [-0.2, 0) is 4.79 Å². The quantitative estimate of drug-likeness (QED) is 0.688. The van der Waals surface area contributed by atoms with Gasteiger partial charge >= 0.3 is 0 Å². The second-order valence-electron chi connectivity index (χ2n) is 6.75. The van der Waals surface area contributed by atoms with Crippen LogP contribution >= 0.6 is 23.8 Å². The number of carbonyl (C=O) groups is 1. The molecule has 2 bridgehead atoms. The summed E-state index contributed by atoms with van der Waals surface area (Å²) in [4.78, 5) is 13.2. The maximum absolute atomic E-state index is 13.2. The number of thiocarbonyl (C=S) groups is 1. The van der Waals surface area contributed by atoms with E-state index in [1.54, 1.807) is 6.07 Å².